The molecule has 132 valence electrons. The van der Waals surface area contributed by atoms with Crippen LogP contribution in [-0.4, -0.2) is 25.0 Å². The number of thioether (sulfide) groups is 1. The highest BCUT2D eigenvalue weighted by atomic mass is 32.2. The summed E-state index contributed by atoms with van der Waals surface area (Å²) in [4.78, 5) is 0. The molecule has 0 amide bonds. The highest BCUT2D eigenvalue weighted by molar-refractivity contribution is 7.99. The molecule has 0 saturated carbocycles. The highest BCUT2D eigenvalue weighted by Crippen LogP contribution is 2.36. The largest absolute Gasteiger partial charge is 0.451 e. The van der Waals surface area contributed by atoms with E-state index < -0.39 is 12.0 Å². The van der Waals surface area contributed by atoms with Crippen molar-refractivity contribution in [1.29, 1.82) is 0 Å². The second kappa shape index (κ2) is 6.51. The molecule has 0 fully saturated rings. The van der Waals surface area contributed by atoms with Gasteiger partial charge in [-0.3, -0.25) is 0 Å². The minimum atomic E-state index is -4.55. The first-order valence-electron chi connectivity index (χ1n) is 7.29. The molecule has 0 N–H and O–H groups in total. The molecular formula is C15H14F3N5OS. The number of nitrogens with zero attached hydrogens (tertiary/aromatic N) is 5. The topological polar surface area (TPSA) is 69.6 Å². The number of aromatic nitrogens is 5. The van der Waals surface area contributed by atoms with E-state index in [0.29, 0.717) is 11.8 Å². The number of alkyl halides is 3. The van der Waals surface area contributed by atoms with E-state index in [1.54, 1.807) is 6.92 Å². The van der Waals surface area contributed by atoms with Crippen molar-refractivity contribution in [3.05, 3.63) is 41.5 Å². The van der Waals surface area contributed by atoms with Gasteiger partial charge in [0.2, 0.25) is 17.6 Å². The van der Waals surface area contributed by atoms with Crippen LogP contribution in [0, 0.1) is 6.92 Å². The zero-order chi connectivity index (χ0) is 18.2. The predicted molar refractivity (Wildman–Crippen MR) is 84.7 cm³/mol. The molecule has 0 unspecified atom stereocenters. The van der Waals surface area contributed by atoms with Crippen molar-refractivity contribution in [3.63, 3.8) is 0 Å². The van der Waals surface area contributed by atoms with Gasteiger partial charge in [0.1, 0.15) is 0 Å². The predicted octanol–water partition coefficient (Wildman–Crippen LogP) is 4.05. The Hall–Kier alpha value is -2.36. The summed E-state index contributed by atoms with van der Waals surface area (Å²) in [6.45, 7) is 3.72. The van der Waals surface area contributed by atoms with Crippen LogP contribution in [0.1, 0.15) is 29.5 Å². The average molecular weight is 369 g/mol. The van der Waals surface area contributed by atoms with Crippen molar-refractivity contribution in [2.45, 2.75) is 30.4 Å². The zero-order valence-electron chi connectivity index (χ0n) is 13.6. The Morgan fingerprint density at radius 2 is 1.76 bits per heavy atom. The van der Waals surface area contributed by atoms with Gasteiger partial charge in [-0.15, -0.1) is 20.4 Å². The molecule has 0 radical (unpaired) electrons. The minimum Gasteiger partial charge on any atom is -0.419 e. The third-order valence-electron chi connectivity index (χ3n) is 3.46. The van der Waals surface area contributed by atoms with Gasteiger partial charge in [0.15, 0.2) is 5.16 Å². The molecule has 1 aromatic carbocycles. The first kappa shape index (κ1) is 17.5. The lowest BCUT2D eigenvalue weighted by Gasteiger charge is -2.08. The van der Waals surface area contributed by atoms with Crippen LogP contribution < -0.4 is 0 Å². The van der Waals surface area contributed by atoms with E-state index in [2.05, 4.69) is 20.4 Å². The van der Waals surface area contributed by atoms with Crippen LogP contribution in [0.15, 0.2) is 33.8 Å². The van der Waals surface area contributed by atoms with Crippen LogP contribution in [0.3, 0.4) is 0 Å². The summed E-state index contributed by atoms with van der Waals surface area (Å²) in [7, 11) is 1.27. The van der Waals surface area contributed by atoms with Gasteiger partial charge in [-0.2, -0.15) is 13.2 Å². The molecule has 1 atom stereocenters. The van der Waals surface area contributed by atoms with E-state index in [1.165, 1.54) is 7.05 Å². The summed E-state index contributed by atoms with van der Waals surface area (Å²) in [5, 5.41) is 14.5. The summed E-state index contributed by atoms with van der Waals surface area (Å²) in [5.41, 5.74) is 1.88. The van der Waals surface area contributed by atoms with Crippen molar-refractivity contribution in [3.8, 4) is 11.5 Å². The monoisotopic (exact) mass is 369 g/mol. The standard InChI is InChI=1S/C15H14F3N5OS/c1-8-4-6-10(7-5-8)12-20-19-11(24-12)9(2)25-14-22-21-13(23(14)3)15(16,17)18/h4-7,9H,1-3H3/t9-/m1/s1. The molecule has 0 aliphatic rings. The molecule has 2 heterocycles. The quantitative estimate of drug-likeness (QED) is 0.647. The highest BCUT2D eigenvalue weighted by Gasteiger charge is 2.37. The lowest BCUT2D eigenvalue weighted by molar-refractivity contribution is -0.147. The number of rotatable bonds is 4. The Labute approximate surface area is 145 Å². The van der Waals surface area contributed by atoms with Gasteiger partial charge in [-0.25, -0.2) is 0 Å². The molecule has 3 aromatic rings. The molecule has 0 aliphatic carbocycles. The first-order valence-corrected chi connectivity index (χ1v) is 8.17. The van der Waals surface area contributed by atoms with Gasteiger partial charge in [0.05, 0.1) is 5.25 Å². The molecule has 0 aliphatic heterocycles. The fourth-order valence-corrected chi connectivity index (χ4v) is 2.93. The maximum atomic E-state index is 12.8. The Balaban J connectivity index is 1.77. The van der Waals surface area contributed by atoms with Gasteiger partial charge in [0.25, 0.3) is 0 Å². The van der Waals surface area contributed by atoms with Crippen LogP contribution in [0.5, 0.6) is 0 Å². The maximum absolute atomic E-state index is 12.8. The SMILES string of the molecule is Cc1ccc(-c2nnc([C@@H](C)Sc3nnc(C(F)(F)F)n3C)o2)cc1. The normalized spacial score (nSPS) is 13.2. The Bertz CT molecular complexity index is 872. The minimum absolute atomic E-state index is 0.120. The molecule has 0 saturated heterocycles. The fourth-order valence-electron chi connectivity index (χ4n) is 2.08. The average Bonchev–Trinajstić information content (AvgIpc) is 3.15. The first-order chi connectivity index (χ1) is 11.8. The molecule has 6 nitrogen and oxygen atoms in total. The van der Waals surface area contributed by atoms with Crippen molar-refractivity contribution in [2.24, 2.45) is 7.05 Å². The van der Waals surface area contributed by atoms with Crippen molar-refractivity contribution < 1.29 is 17.6 Å². The van der Waals surface area contributed by atoms with E-state index >= 15 is 0 Å². The Morgan fingerprint density at radius 1 is 1.08 bits per heavy atom. The van der Waals surface area contributed by atoms with Gasteiger partial charge >= 0.3 is 6.18 Å². The zero-order valence-corrected chi connectivity index (χ0v) is 14.4. The molecule has 3 rings (SSSR count). The molecule has 25 heavy (non-hydrogen) atoms. The van der Waals surface area contributed by atoms with Crippen LogP contribution in [0.2, 0.25) is 0 Å². The summed E-state index contributed by atoms with van der Waals surface area (Å²) in [5.74, 6) is -0.387. The maximum Gasteiger partial charge on any atom is 0.451 e. The Morgan fingerprint density at radius 3 is 2.36 bits per heavy atom. The van der Waals surface area contributed by atoms with Gasteiger partial charge in [0, 0.05) is 12.6 Å². The van der Waals surface area contributed by atoms with Crippen LogP contribution in [-0.2, 0) is 13.2 Å². The Kier molecular flexibility index (Phi) is 4.55. The van der Waals surface area contributed by atoms with Crippen LogP contribution in [0.4, 0.5) is 13.2 Å². The summed E-state index contributed by atoms with van der Waals surface area (Å²) in [6.07, 6.45) is -4.55. The van der Waals surface area contributed by atoms with E-state index in [4.69, 9.17) is 4.42 Å². The van der Waals surface area contributed by atoms with Gasteiger partial charge < -0.3 is 8.98 Å². The molecule has 10 heteroatoms. The van der Waals surface area contributed by atoms with Crippen molar-refractivity contribution in [2.75, 3.05) is 0 Å². The van der Waals surface area contributed by atoms with Crippen LogP contribution in [0.25, 0.3) is 11.5 Å². The lowest BCUT2D eigenvalue weighted by atomic mass is 10.1. The van der Waals surface area contributed by atoms with E-state index in [0.717, 1.165) is 27.5 Å². The number of hydrogen-bond donors (Lipinski definition) is 0. The van der Waals surface area contributed by atoms with E-state index in [-0.39, 0.29) is 10.4 Å². The van der Waals surface area contributed by atoms with Crippen molar-refractivity contribution in [1.82, 2.24) is 25.0 Å². The van der Waals surface area contributed by atoms with E-state index in [1.807, 2.05) is 31.2 Å². The number of halogens is 3. The molecule has 0 spiro atoms. The third-order valence-corrected chi connectivity index (χ3v) is 4.58. The number of benzene rings is 1. The van der Waals surface area contributed by atoms with Gasteiger partial charge in [-0.1, -0.05) is 29.5 Å². The lowest BCUT2D eigenvalue weighted by Crippen LogP contribution is -2.13. The second-order valence-corrected chi connectivity index (χ2v) is 6.74. The summed E-state index contributed by atoms with van der Waals surface area (Å²) < 4.78 is 44.8. The van der Waals surface area contributed by atoms with E-state index in [9.17, 15) is 13.2 Å². The number of aryl methyl sites for hydroxylation is 1. The fraction of sp³-hybridized carbons (Fsp3) is 0.333. The number of hydrogen-bond acceptors (Lipinski definition) is 6. The summed E-state index contributed by atoms with van der Waals surface area (Å²) >= 11 is 1.06. The summed E-state index contributed by atoms with van der Waals surface area (Å²) in [6, 6.07) is 7.58. The smallest absolute Gasteiger partial charge is 0.419 e. The third kappa shape index (κ3) is 3.68. The molecular weight excluding hydrogens is 355 g/mol. The van der Waals surface area contributed by atoms with Gasteiger partial charge in [-0.05, 0) is 26.0 Å². The second-order valence-electron chi connectivity index (χ2n) is 5.43. The van der Waals surface area contributed by atoms with Crippen LogP contribution >= 0.6 is 11.8 Å². The molecule has 0 bridgehead atoms. The van der Waals surface area contributed by atoms with Crippen molar-refractivity contribution >= 4 is 11.8 Å². The molecule has 2 aromatic heterocycles.